The maximum absolute atomic E-state index is 11.3. The van der Waals surface area contributed by atoms with Crippen LogP contribution in [-0.4, -0.2) is 16.1 Å². The Morgan fingerprint density at radius 2 is 2.24 bits per heavy atom. The minimum absolute atomic E-state index is 0.341. The van der Waals surface area contributed by atoms with Gasteiger partial charge in [0.1, 0.15) is 0 Å². The molecule has 0 saturated carbocycles. The minimum atomic E-state index is -0.914. The van der Waals surface area contributed by atoms with Gasteiger partial charge in [-0.05, 0) is 24.1 Å². The molecule has 0 radical (unpaired) electrons. The molecule has 0 aliphatic rings. The summed E-state index contributed by atoms with van der Waals surface area (Å²) >= 11 is 5.86. The fraction of sp³-hybridized carbons (Fsp3) is 0.231. The molecule has 0 spiro atoms. The summed E-state index contributed by atoms with van der Waals surface area (Å²) in [5.41, 5.74) is 1.73. The molecule has 2 rings (SSSR count). The van der Waals surface area contributed by atoms with E-state index in [9.17, 15) is 9.90 Å². The fourth-order valence-corrected chi connectivity index (χ4v) is 2.09. The second-order valence-electron chi connectivity index (χ2n) is 3.88. The van der Waals surface area contributed by atoms with Gasteiger partial charge >= 0.3 is 5.97 Å². The molecule has 3 nitrogen and oxygen atoms in total. The van der Waals surface area contributed by atoms with Crippen LogP contribution in [0.3, 0.4) is 0 Å². The summed E-state index contributed by atoms with van der Waals surface area (Å²) in [7, 11) is 0. The molecule has 0 saturated heterocycles. The average molecular weight is 250 g/mol. The number of benzene rings is 1. The van der Waals surface area contributed by atoms with E-state index in [-0.39, 0.29) is 0 Å². The summed E-state index contributed by atoms with van der Waals surface area (Å²) in [6.07, 6.45) is 3.24. The lowest BCUT2D eigenvalue weighted by Crippen LogP contribution is -2.04. The Morgan fingerprint density at radius 3 is 2.88 bits per heavy atom. The van der Waals surface area contributed by atoms with Crippen molar-refractivity contribution >= 4 is 28.5 Å². The number of carboxylic acids is 1. The highest BCUT2D eigenvalue weighted by Gasteiger charge is 2.14. The molecular weight excluding hydrogens is 238 g/mol. The molecule has 4 heteroatoms. The summed E-state index contributed by atoms with van der Waals surface area (Å²) < 4.78 is 0. The summed E-state index contributed by atoms with van der Waals surface area (Å²) in [6.45, 7) is 2.01. The molecule has 0 unspecified atom stereocenters. The molecule has 0 atom stereocenters. The van der Waals surface area contributed by atoms with Crippen LogP contribution in [0.1, 0.15) is 29.3 Å². The zero-order chi connectivity index (χ0) is 12.4. The number of aryl methyl sites for hydroxylation is 1. The van der Waals surface area contributed by atoms with Crippen molar-refractivity contribution in [3.8, 4) is 0 Å². The first-order chi connectivity index (χ1) is 8.13. The number of carbonyl (C=O) groups is 1. The van der Waals surface area contributed by atoms with Crippen molar-refractivity contribution in [2.45, 2.75) is 19.8 Å². The van der Waals surface area contributed by atoms with Crippen LogP contribution in [0.2, 0.25) is 5.02 Å². The van der Waals surface area contributed by atoms with E-state index >= 15 is 0 Å². The Kier molecular flexibility index (Phi) is 3.29. The summed E-state index contributed by atoms with van der Waals surface area (Å²) in [4.78, 5) is 15.6. The number of nitrogens with zero attached hydrogens (tertiary/aromatic N) is 1. The van der Waals surface area contributed by atoms with Crippen LogP contribution in [0.5, 0.6) is 0 Å². The van der Waals surface area contributed by atoms with Crippen LogP contribution in [0.25, 0.3) is 10.9 Å². The maximum Gasteiger partial charge on any atom is 0.336 e. The van der Waals surface area contributed by atoms with E-state index in [2.05, 4.69) is 4.98 Å². The Bertz CT molecular complexity index is 581. The SMILES string of the molecule is CCCc1cnc2cc(Cl)ccc2c1C(=O)O. The lowest BCUT2D eigenvalue weighted by atomic mass is 10.0. The van der Waals surface area contributed by atoms with Gasteiger partial charge in [-0.1, -0.05) is 31.0 Å². The predicted molar refractivity (Wildman–Crippen MR) is 67.7 cm³/mol. The first-order valence-corrected chi connectivity index (χ1v) is 5.81. The number of hydrogen-bond donors (Lipinski definition) is 1. The molecule has 0 aliphatic carbocycles. The van der Waals surface area contributed by atoms with E-state index in [4.69, 9.17) is 11.6 Å². The van der Waals surface area contributed by atoms with Crippen molar-refractivity contribution in [2.24, 2.45) is 0 Å². The predicted octanol–water partition coefficient (Wildman–Crippen LogP) is 3.54. The molecular formula is C13H12ClNO2. The van der Waals surface area contributed by atoms with Gasteiger partial charge in [0.2, 0.25) is 0 Å². The monoisotopic (exact) mass is 249 g/mol. The number of hydrogen-bond acceptors (Lipinski definition) is 2. The standard InChI is InChI=1S/C13H12ClNO2/c1-2-3-8-7-15-11-6-9(14)4-5-10(11)12(8)13(16)17/h4-7H,2-3H2,1H3,(H,16,17). The van der Waals surface area contributed by atoms with Crippen LogP contribution in [0.4, 0.5) is 0 Å². The van der Waals surface area contributed by atoms with Crippen molar-refractivity contribution in [3.05, 3.63) is 40.5 Å². The fourth-order valence-electron chi connectivity index (χ4n) is 1.92. The number of aromatic nitrogens is 1. The third kappa shape index (κ3) is 2.24. The molecule has 1 N–H and O–H groups in total. The summed E-state index contributed by atoms with van der Waals surface area (Å²) in [5, 5.41) is 10.5. The largest absolute Gasteiger partial charge is 0.478 e. The molecule has 0 fully saturated rings. The van der Waals surface area contributed by atoms with E-state index in [1.165, 1.54) is 0 Å². The number of rotatable bonds is 3. The highest BCUT2D eigenvalue weighted by Crippen LogP contribution is 2.24. The second-order valence-corrected chi connectivity index (χ2v) is 4.31. The summed E-state index contributed by atoms with van der Waals surface area (Å²) in [5.74, 6) is -0.914. The van der Waals surface area contributed by atoms with Crippen LogP contribution in [0, 0.1) is 0 Å². The maximum atomic E-state index is 11.3. The Hall–Kier alpha value is -1.61. The van der Waals surface area contributed by atoms with Gasteiger partial charge in [-0.15, -0.1) is 0 Å². The number of carboxylic acid groups (broad SMARTS) is 1. The molecule has 1 aromatic carbocycles. The van der Waals surface area contributed by atoms with E-state index in [1.54, 1.807) is 24.4 Å². The van der Waals surface area contributed by atoms with E-state index in [0.29, 0.717) is 27.9 Å². The lowest BCUT2D eigenvalue weighted by molar-refractivity contribution is 0.0698. The highest BCUT2D eigenvalue weighted by molar-refractivity contribution is 6.31. The van der Waals surface area contributed by atoms with Crippen molar-refractivity contribution in [3.63, 3.8) is 0 Å². The van der Waals surface area contributed by atoms with Crippen LogP contribution in [-0.2, 0) is 6.42 Å². The molecule has 1 aromatic heterocycles. The molecule has 1 heterocycles. The molecule has 0 aliphatic heterocycles. The third-order valence-corrected chi connectivity index (χ3v) is 2.88. The van der Waals surface area contributed by atoms with Crippen LogP contribution in [0.15, 0.2) is 24.4 Å². The zero-order valence-corrected chi connectivity index (χ0v) is 10.2. The van der Waals surface area contributed by atoms with Crippen LogP contribution < -0.4 is 0 Å². The Morgan fingerprint density at radius 1 is 1.47 bits per heavy atom. The molecule has 0 bridgehead atoms. The molecule has 2 aromatic rings. The Labute approximate surface area is 104 Å². The van der Waals surface area contributed by atoms with Gasteiger partial charge in [-0.3, -0.25) is 4.98 Å². The van der Waals surface area contributed by atoms with Gasteiger partial charge in [-0.2, -0.15) is 0 Å². The number of halogens is 1. The van der Waals surface area contributed by atoms with Gasteiger partial charge in [-0.25, -0.2) is 4.79 Å². The average Bonchev–Trinajstić information content (AvgIpc) is 2.28. The summed E-state index contributed by atoms with van der Waals surface area (Å²) in [6, 6.07) is 5.08. The molecule has 0 amide bonds. The van der Waals surface area contributed by atoms with Crippen molar-refractivity contribution in [1.29, 1.82) is 0 Å². The van der Waals surface area contributed by atoms with Gasteiger partial charge in [0.05, 0.1) is 11.1 Å². The van der Waals surface area contributed by atoms with E-state index in [0.717, 1.165) is 12.0 Å². The normalized spacial score (nSPS) is 10.7. The Balaban J connectivity index is 2.74. The second kappa shape index (κ2) is 4.72. The van der Waals surface area contributed by atoms with Crippen molar-refractivity contribution in [2.75, 3.05) is 0 Å². The quantitative estimate of drug-likeness (QED) is 0.905. The topological polar surface area (TPSA) is 50.2 Å². The number of pyridine rings is 1. The lowest BCUT2D eigenvalue weighted by Gasteiger charge is -2.08. The third-order valence-electron chi connectivity index (χ3n) is 2.64. The van der Waals surface area contributed by atoms with Gasteiger partial charge < -0.3 is 5.11 Å². The van der Waals surface area contributed by atoms with E-state index < -0.39 is 5.97 Å². The van der Waals surface area contributed by atoms with Gasteiger partial charge in [0.25, 0.3) is 0 Å². The van der Waals surface area contributed by atoms with Crippen molar-refractivity contribution < 1.29 is 9.90 Å². The molecule has 88 valence electrons. The number of aromatic carboxylic acids is 1. The number of fused-ring (bicyclic) bond motifs is 1. The molecule has 17 heavy (non-hydrogen) atoms. The van der Waals surface area contributed by atoms with Gasteiger partial charge in [0, 0.05) is 16.6 Å². The van der Waals surface area contributed by atoms with Crippen molar-refractivity contribution in [1.82, 2.24) is 4.98 Å². The first kappa shape index (κ1) is 11.9. The minimum Gasteiger partial charge on any atom is -0.478 e. The van der Waals surface area contributed by atoms with Crippen LogP contribution >= 0.6 is 11.6 Å². The highest BCUT2D eigenvalue weighted by atomic mass is 35.5. The smallest absolute Gasteiger partial charge is 0.336 e. The first-order valence-electron chi connectivity index (χ1n) is 5.44. The zero-order valence-electron chi connectivity index (χ0n) is 9.40. The van der Waals surface area contributed by atoms with E-state index in [1.807, 2.05) is 6.92 Å². The van der Waals surface area contributed by atoms with Gasteiger partial charge in [0.15, 0.2) is 0 Å².